The van der Waals surface area contributed by atoms with E-state index in [1.165, 1.54) is 12.1 Å². The molecule has 1 aliphatic heterocycles. The zero-order valence-electron chi connectivity index (χ0n) is 18.5. The zero-order chi connectivity index (χ0) is 22.6. The van der Waals surface area contributed by atoms with Crippen molar-refractivity contribution in [3.63, 3.8) is 0 Å². The Kier molecular flexibility index (Phi) is 7.47. The van der Waals surface area contributed by atoms with E-state index in [0.717, 1.165) is 44.2 Å². The molecule has 1 aromatic heterocycles. The number of piperazine rings is 1. The molecule has 0 bridgehead atoms. The average molecular weight is 450 g/mol. The van der Waals surface area contributed by atoms with E-state index in [1.807, 2.05) is 19.9 Å². The van der Waals surface area contributed by atoms with Gasteiger partial charge >= 0.3 is 0 Å². The number of benzene rings is 1. The molecule has 1 atom stereocenters. The molecule has 0 spiro atoms. The SMILES string of the molecule is Cc1cc(CN2CCN([C@H](C)C(=O)Nc3ccc(S(=O)(=O)NC(C)C)cc3)CC2)no1. The molecule has 2 N–H and O–H groups in total. The standard InChI is InChI=1S/C21H31N5O4S/c1-15(2)24-31(28,29)20-7-5-18(6-8-20)22-21(27)17(4)26-11-9-25(10-12-26)14-19-13-16(3)30-23-19/h5-8,13,15,17,24H,9-12,14H2,1-4H3,(H,22,27)/t17-/m1/s1. The summed E-state index contributed by atoms with van der Waals surface area (Å²) in [6, 6.07) is 7.67. The van der Waals surface area contributed by atoms with E-state index in [-0.39, 0.29) is 22.9 Å². The summed E-state index contributed by atoms with van der Waals surface area (Å²) in [6.45, 7) is 11.3. The number of carbonyl (C=O) groups is 1. The lowest BCUT2D eigenvalue weighted by Crippen LogP contribution is -2.52. The summed E-state index contributed by atoms with van der Waals surface area (Å²) in [5, 5.41) is 6.92. The van der Waals surface area contributed by atoms with Gasteiger partial charge in [-0.25, -0.2) is 13.1 Å². The zero-order valence-corrected chi connectivity index (χ0v) is 19.3. The molecule has 2 heterocycles. The highest BCUT2D eigenvalue weighted by Gasteiger charge is 2.26. The van der Waals surface area contributed by atoms with Crippen LogP contribution in [-0.4, -0.2) is 67.5 Å². The average Bonchev–Trinajstić information content (AvgIpc) is 3.12. The highest BCUT2D eigenvalue weighted by molar-refractivity contribution is 7.89. The molecule has 31 heavy (non-hydrogen) atoms. The third kappa shape index (κ3) is 6.36. The van der Waals surface area contributed by atoms with Gasteiger partial charge in [0.05, 0.1) is 16.6 Å². The summed E-state index contributed by atoms with van der Waals surface area (Å²) >= 11 is 0. The Morgan fingerprint density at radius 1 is 1.13 bits per heavy atom. The monoisotopic (exact) mass is 449 g/mol. The number of carbonyl (C=O) groups excluding carboxylic acids is 1. The Labute approximate surface area is 183 Å². The third-order valence-corrected chi connectivity index (χ3v) is 6.89. The molecule has 10 heteroatoms. The molecule has 3 rings (SSSR count). The fraction of sp³-hybridized carbons (Fsp3) is 0.524. The van der Waals surface area contributed by atoms with Gasteiger partial charge < -0.3 is 9.84 Å². The van der Waals surface area contributed by atoms with Gasteiger partial charge in [-0.3, -0.25) is 14.6 Å². The van der Waals surface area contributed by atoms with Gasteiger partial charge in [0.25, 0.3) is 0 Å². The van der Waals surface area contributed by atoms with Crippen molar-refractivity contribution < 1.29 is 17.7 Å². The molecule has 0 saturated carbocycles. The van der Waals surface area contributed by atoms with Crippen molar-refractivity contribution in [2.45, 2.75) is 51.2 Å². The number of anilines is 1. The number of hydrogen-bond donors (Lipinski definition) is 2. The van der Waals surface area contributed by atoms with Gasteiger partial charge in [-0.2, -0.15) is 0 Å². The molecule has 0 radical (unpaired) electrons. The smallest absolute Gasteiger partial charge is 0.241 e. The van der Waals surface area contributed by atoms with Gasteiger partial charge in [0.2, 0.25) is 15.9 Å². The summed E-state index contributed by atoms with van der Waals surface area (Å²) in [6.07, 6.45) is 0. The second-order valence-corrected chi connectivity index (χ2v) is 9.92. The molecule has 0 unspecified atom stereocenters. The lowest BCUT2D eigenvalue weighted by molar-refractivity contribution is -0.121. The van der Waals surface area contributed by atoms with Crippen molar-refractivity contribution in [3.05, 3.63) is 41.8 Å². The molecule has 1 amide bonds. The molecule has 1 fully saturated rings. The van der Waals surface area contributed by atoms with Crippen molar-refractivity contribution in [2.24, 2.45) is 0 Å². The maximum atomic E-state index is 12.7. The van der Waals surface area contributed by atoms with Gasteiger partial charge in [-0.05, 0) is 52.0 Å². The molecular weight excluding hydrogens is 418 g/mol. The maximum Gasteiger partial charge on any atom is 0.241 e. The van der Waals surface area contributed by atoms with Crippen molar-refractivity contribution in [1.29, 1.82) is 0 Å². The number of amides is 1. The van der Waals surface area contributed by atoms with Gasteiger partial charge in [0.1, 0.15) is 5.76 Å². The predicted molar refractivity (Wildman–Crippen MR) is 118 cm³/mol. The van der Waals surface area contributed by atoms with Crippen molar-refractivity contribution in [3.8, 4) is 0 Å². The quantitative estimate of drug-likeness (QED) is 0.633. The largest absolute Gasteiger partial charge is 0.361 e. The topological polar surface area (TPSA) is 108 Å². The number of nitrogens with one attached hydrogen (secondary N) is 2. The number of hydrogen-bond acceptors (Lipinski definition) is 7. The van der Waals surface area contributed by atoms with Crippen LogP contribution in [0.3, 0.4) is 0 Å². The number of rotatable bonds is 8. The lowest BCUT2D eigenvalue weighted by Gasteiger charge is -2.37. The first-order chi connectivity index (χ1) is 14.6. The van der Waals surface area contributed by atoms with Crippen LogP contribution in [0, 0.1) is 6.92 Å². The molecule has 1 aliphatic rings. The molecule has 1 saturated heterocycles. The highest BCUT2D eigenvalue weighted by Crippen LogP contribution is 2.16. The molecule has 2 aromatic rings. The summed E-state index contributed by atoms with van der Waals surface area (Å²) in [4.78, 5) is 17.3. The normalized spacial score (nSPS) is 17.1. The Hall–Kier alpha value is -2.27. The molecule has 9 nitrogen and oxygen atoms in total. The van der Waals surface area contributed by atoms with Gasteiger partial charge in [0, 0.05) is 50.5 Å². The Balaban J connectivity index is 1.50. The first kappa shape index (κ1) is 23.4. The van der Waals surface area contributed by atoms with E-state index < -0.39 is 10.0 Å². The van der Waals surface area contributed by atoms with E-state index in [1.54, 1.807) is 26.0 Å². The van der Waals surface area contributed by atoms with Crippen LogP contribution >= 0.6 is 0 Å². The first-order valence-electron chi connectivity index (χ1n) is 10.5. The summed E-state index contributed by atoms with van der Waals surface area (Å²) in [7, 11) is -3.55. The minimum absolute atomic E-state index is 0.114. The summed E-state index contributed by atoms with van der Waals surface area (Å²) in [5.74, 6) is 0.692. The number of aryl methyl sites for hydroxylation is 1. The van der Waals surface area contributed by atoms with E-state index in [2.05, 4.69) is 25.0 Å². The minimum atomic E-state index is -3.55. The second-order valence-electron chi connectivity index (χ2n) is 8.21. The Morgan fingerprint density at radius 3 is 2.32 bits per heavy atom. The van der Waals surface area contributed by atoms with Crippen LogP contribution in [-0.2, 0) is 21.4 Å². The van der Waals surface area contributed by atoms with Crippen molar-refractivity contribution >= 4 is 21.6 Å². The Morgan fingerprint density at radius 2 is 1.77 bits per heavy atom. The molecule has 0 aliphatic carbocycles. The molecular formula is C21H31N5O4S. The van der Waals surface area contributed by atoms with E-state index in [9.17, 15) is 13.2 Å². The first-order valence-corrected chi connectivity index (χ1v) is 11.9. The Bertz CT molecular complexity index is 979. The van der Waals surface area contributed by atoms with E-state index in [4.69, 9.17) is 4.52 Å². The second kappa shape index (κ2) is 9.90. The summed E-state index contributed by atoms with van der Waals surface area (Å²) < 4.78 is 32.1. The van der Waals surface area contributed by atoms with Crippen LogP contribution in [0.5, 0.6) is 0 Å². The van der Waals surface area contributed by atoms with Crippen LogP contribution in [0.2, 0.25) is 0 Å². The van der Waals surface area contributed by atoms with E-state index >= 15 is 0 Å². The van der Waals surface area contributed by atoms with Gasteiger partial charge in [0.15, 0.2) is 0 Å². The maximum absolute atomic E-state index is 12.7. The van der Waals surface area contributed by atoms with Crippen LogP contribution in [0.4, 0.5) is 5.69 Å². The van der Waals surface area contributed by atoms with Crippen LogP contribution in [0.25, 0.3) is 0 Å². The fourth-order valence-electron chi connectivity index (χ4n) is 3.54. The van der Waals surface area contributed by atoms with Gasteiger partial charge in [-0.15, -0.1) is 0 Å². The number of sulfonamides is 1. The number of nitrogens with zero attached hydrogens (tertiary/aromatic N) is 3. The highest BCUT2D eigenvalue weighted by atomic mass is 32.2. The van der Waals surface area contributed by atoms with Gasteiger partial charge in [-0.1, -0.05) is 5.16 Å². The van der Waals surface area contributed by atoms with Crippen LogP contribution < -0.4 is 10.0 Å². The molecule has 1 aromatic carbocycles. The van der Waals surface area contributed by atoms with Crippen LogP contribution in [0.1, 0.15) is 32.2 Å². The van der Waals surface area contributed by atoms with Crippen molar-refractivity contribution in [2.75, 3.05) is 31.5 Å². The lowest BCUT2D eigenvalue weighted by atomic mass is 10.2. The molecule has 170 valence electrons. The fourth-order valence-corrected chi connectivity index (χ4v) is 4.79. The van der Waals surface area contributed by atoms with Crippen molar-refractivity contribution in [1.82, 2.24) is 19.7 Å². The third-order valence-electron chi connectivity index (χ3n) is 5.22. The minimum Gasteiger partial charge on any atom is -0.361 e. The predicted octanol–water partition coefficient (Wildman–Crippen LogP) is 1.81. The van der Waals surface area contributed by atoms with Crippen LogP contribution in [0.15, 0.2) is 39.8 Å². The number of aromatic nitrogens is 1. The van der Waals surface area contributed by atoms with E-state index in [0.29, 0.717) is 5.69 Å². The summed E-state index contributed by atoms with van der Waals surface area (Å²) in [5.41, 5.74) is 1.49.